The van der Waals surface area contributed by atoms with Crippen molar-refractivity contribution in [2.45, 2.75) is 6.42 Å². The third-order valence-electron chi connectivity index (χ3n) is 2.97. The van der Waals surface area contributed by atoms with Gasteiger partial charge >= 0.3 is 0 Å². The minimum atomic E-state index is -0.419. The zero-order valence-corrected chi connectivity index (χ0v) is 10.9. The Bertz CT molecular complexity index is 611. The second-order valence-corrected chi connectivity index (χ2v) is 4.44. The van der Waals surface area contributed by atoms with E-state index in [2.05, 4.69) is 5.32 Å². The van der Waals surface area contributed by atoms with Crippen LogP contribution in [0.1, 0.15) is 5.56 Å². The molecule has 20 heavy (non-hydrogen) atoms. The zero-order chi connectivity index (χ0) is 14.5. The van der Waals surface area contributed by atoms with Crippen LogP contribution in [-0.2, 0) is 6.42 Å². The molecule has 6 heteroatoms. The fraction of sp³-hybridized carbons (Fsp3) is 0.143. The number of benzene rings is 2. The number of hydrogen-bond donors (Lipinski definition) is 3. The summed E-state index contributed by atoms with van der Waals surface area (Å²) >= 11 is 0. The molecular formula is C14H16N4O2. The van der Waals surface area contributed by atoms with Crippen molar-refractivity contribution in [1.29, 1.82) is 0 Å². The highest BCUT2D eigenvalue weighted by atomic mass is 16.6. The van der Waals surface area contributed by atoms with Crippen LogP contribution in [0.4, 0.5) is 22.7 Å². The van der Waals surface area contributed by atoms with E-state index >= 15 is 0 Å². The summed E-state index contributed by atoms with van der Waals surface area (Å²) in [5, 5.41) is 13.7. The first-order valence-electron chi connectivity index (χ1n) is 6.18. The van der Waals surface area contributed by atoms with E-state index in [0.717, 1.165) is 17.7 Å². The van der Waals surface area contributed by atoms with Crippen LogP contribution >= 0.6 is 0 Å². The predicted molar refractivity (Wildman–Crippen MR) is 80.6 cm³/mol. The fourth-order valence-electron chi connectivity index (χ4n) is 1.88. The lowest BCUT2D eigenvalue weighted by atomic mass is 10.1. The lowest BCUT2D eigenvalue weighted by Gasteiger charge is -2.09. The van der Waals surface area contributed by atoms with E-state index in [4.69, 9.17) is 11.5 Å². The molecule has 0 atom stereocenters. The van der Waals surface area contributed by atoms with Crippen LogP contribution in [0.25, 0.3) is 0 Å². The number of nitro benzene ring substituents is 1. The quantitative estimate of drug-likeness (QED) is 0.440. The molecule has 0 aromatic heterocycles. The van der Waals surface area contributed by atoms with Gasteiger partial charge in [-0.3, -0.25) is 10.1 Å². The highest BCUT2D eigenvalue weighted by molar-refractivity contribution is 5.55. The van der Waals surface area contributed by atoms with Crippen LogP contribution < -0.4 is 16.8 Å². The molecule has 5 N–H and O–H groups in total. The molecule has 0 spiro atoms. The van der Waals surface area contributed by atoms with Gasteiger partial charge in [0, 0.05) is 35.7 Å². The third-order valence-corrected chi connectivity index (χ3v) is 2.97. The monoisotopic (exact) mass is 272 g/mol. The van der Waals surface area contributed by atoms with Crippen LogP contribution in [0.15, 0.2) is 42.5 Å². The maximum atomic E-state index is 10.5. The van der Waals surface area contributed by atoms with Gasteiger partial charge in [-0.1, -0.05) is 0 Å². The topological polar surface area (TPSA) is 107 Å². The lowest BCUT2D eigenvalue weighted by molar-refractivity contribution is -0.384. The highest BCUT2D eigenvalue weighted by Gasteiger charge is 2.04. The summed E-state index contributed by atoms with van der Waals surface area (Å²) in [6.07, 6.45) is 0.730. The van der Waals surface area contributed by atoms with Gasteiger partial charge in [-0.25, -0.2) is 0 Å². The summed E-state index contributed by atoms with van der Waals surface area (Å²) < 4.78 is 0. The first-order valence-corrected chi connectivity index (χ1v) is 6.18. The van der Waals surface area contributed by atoms with E-state index in [0.29, 0.717) is 17.9 Å². The molecule has 0 amide bonds. The van der Waals surface area contributed by atoms with Gasteiger partial charge in [0.2, 0.25) is 0 Å². The molecule has 0 bridgehead atoms. The van der Waals surface area contributed by atoms with Gasteiger partial charge in [0.05, 0.1) is 4.92 Å². The van der Waals surface area contributed by atoms with Gasteiger partial charge in [0.1, 0.15) is 0 Å². The summed E-state index contributed by atoms with van der Waals surface area (Å²) in [5.41, 5.74) is 14.9. The zero-order valence-electron chi connectivity index (χ0n) is 10.9. The van der Waals surface area contributed by atoms with Gasteiger partial charge in [0.15, 0.2) is 0 Å². The first kappa shape index (κ1) is 13.7. The van der Waals surface area contributed by atoms with Crippen LogP contribution in [0.2, 0.25) is 0 Å². The number of nitrogen functional groups attached to an aromatic ring is 2. The van der Waals surface area contributed by atoms with Crippen molar-refractivity contribution in [3.05, 3.63) is 58.1 Å². The normalized spacial score (nSPS) is 10.2. The van der Waals surface area contributed by atoms with Gasteiger partial charge in [-0.15, -0.1) is 0 Å². The van der Waals surface area contributed by atoms with E-state index in [1.807, 2.05) is 6.07 Å². The summed E-state index contributed by atoms with van der Waals surface area (Å²) in [4.78, 5) is 10.1. The number of non-ortho nitro benzene ring substituents is 1. The molecule has 2 aromatic carbocycles. The highest BCUT2D eigenvalue weighted by Crippen LogP contribution is 2.18. The Hall–Kier alpha value is -2.76. The van der Waals surface area contributed by atoms with Crippen LogP contribution in [0, 0.1) is 10.1 Å². The van der Waals surface area contributed by atoms with Gasteiger partial charge in [-0.2, -0.15) is 0 Å². The summed E-state index contributed by atoms with van der Waals surface area (Å²) in [6.45, 7) is 0.672. The molecule has 6 nitrogen and oxygen atoms in total. The Kier molecular flexibility index (Phi) is 4.05. The third kappa shape index (κ3) is 3.38. The van der Waals surface area contributed by atoms with E-state index in [1.54, 1.807) is 24.3 Å². The van der Waals surface area contributed by atoms with Crippen molar-refractivity contribution >= 4 is 22.7 Å². The smallest absolute Gasteiger partial charge is 0.269 e. The minimum Gasteiger partial charge on any atom is -0.399 e. The van der Waals surface area contributed by atoms with E-state index in [9.17, 15) is 10.1 Å². The van der Waals surface area contributed by atoms with Crippen LogP contribution in [0.3, 0.4) is 0 Å². The van der Waals surface area contributed by atoms with Gasteiger partial charge in [-0.05, 0) is 42.3 Å². The average molecular weight is 272 g/mol. The molecule has 0 unspecified atom stereocenters. The molecule has 0 heterocycles. The first-order chi connectivity index (χ1) is 9.56. The predicted octanol–water partition coefficient (Wildman–Crippen LogP) is 2.41. The lowest BCUT2D eigenvalue weighted by Crippen LogP contribution is -2.07. The van der Waals surface area contributed by atoms with Crippen molar-refractivity contribution in [3.8, 4) is 0 Å². The molecule has 0 saturated carbocycles. The summed E-state index contributed by atoms with van der Waals surface area (Å²) in [5.74, 6) is 0. The van der Waals surface area contributed by atoms with Crippen molar-refractivity contribution in [2.75, 3.05) is 23.3 Å². The standard InChI is InChI=1S/C14H16N4O2/c15-11-1-6-14(16)10(9-11)7-8-17-12-2-4-13(5-3-12)18(19)20/h1-6,9,17H,7-8,15-16H2. The Balaban J connectivity index is 1.92. The maximum absolute atomic E-state index is 10.5. The number of hydrogen-bond acceptors (Lipinski definition) is 5. The number of anilines is 3. The Morgan fingerprint density at radius 2 is 1.80 bits per heavy atom. The molecule has 0 fully saturated rings. The van der Waals surface area contributed by atoms with Crippen molar-refractivity contribution in [2.24, 2.45) is 0 Å². The van der Waals surface area contributed by atoms with Crippen molar-refractivity contribution < 1.29 is 4.92 Å². The van der Waals surface area contributed by atoms with E-state index in [-0.39, 0.29) is 5.69 Å². The number of nitro groups is 1. The molecule has 2 rings (SSSR count). The summed E-state index contributed by atoms with van der Waals surface area (Å²) in [6, 6.07) is 11.7. The second kappa shape index (κ2) is 5.92. The Morgan fingerprint density at radius 3 is 2.45 bits per heavy atom. The molecule has 104 valence electrons. The van der Waals surface area contributed by atoms with E-state index in [1.165, 1.54) is 12.1 Å². The fourth-order valence-corrected chi connectivity index (χ4v) is 1.88. The number of rotatable bonds is 5. The molecule has 0 aliphatic carbocycles. The largest absolute Gasteiger partial charge is 0.399 e. The number of nitrogens with two attached hydrogens (primary N) is 2. The SMILES string of the molecule is Nc1ccc(N)c(CCNc2ccc([N+](=O)[O-])cc2)c1. The molecular weight excluding hydrogens is 256 g/mol. The van der Waals surface area contributed by atoms with Crippen LogP contribution in [-0.4, -0.2) is 11.5 Å². The van der Waals surface area contributed by atoms with Gasteiger partial charge in [0.25, 0.3) is 5.69 Å². The molecule has 0 saturated heterocycles. The maximum Gasteiger partial charge on any atom is 0.269 e. The molecule has 0 aliphatic rings. The summed E-state index contributed by atoms with van der Waals surface area (Å²) in [7, 11) is 0. The molecule has 0 radical (unpaired) electrons. The molecule has 2 aromatic rings. The molecule has 0 aliphatic heterocycles. The number of nitrogens with zero attached hydrogens (tertiary/aromatic N) is 1. The van der Waals surface area contributed by atoms with Crippen LogP contribution in [0.5, 0.6) is 0 Å². The minimum absolute atomic E-state index is 0.0793. The Morgan fingerprint density at radius 1 is 1.10 bits per heavy atom. The van der Waals surface area contributed by atoms with Crippen molar-refractivity contribution in [1.82, 2.24) is 0 Å². The average Bonchev–Trinajstić information content (AvgIpc) is 2.43. The Labute approximate surface area is 116 Å². The van der Waals surface area contributed by atoms with E-state index < -0.39 is 4.92 Å². The number of nitrogens with one attached hydrogen (secondary N) is 1. The van der Waals surface area contributed by atoms with Crippen molar-refractivity contribution in [3.63, 3.8) is 0 Å². The second-order valence-electron chi connectivity index (χ2n) is 4.44. The van der Waals surface area contributed by atoms with Gasteiger partial charge < -0.3 is 16.8 Å².